The number of nitrogens with one attached hydrogen (secondary N) is 1. The third-order valence-electron chi connectivity index (χ3n) is 12.1. The minimum Gasteiger partial charge on any atom is -0.384 e. The van der Waals surface area contributed by atoms with Crippen LogP contribution in [0.1, 0.15) is 43.2 Å². The first-order valence-electron chi connectivity index (χ1n) is 19.9. The summed E-state index contributed by atoms with van der Waals surface area (Å²) in [5.74, 6) is 3.85. The van der Waals surface area contributed by atoms with E-state index in [0.717, 1.165) is 87.1 Å². The third kappa shape index (κ3) is 12.9. The first-order valence-corrected chi connectivity index (χ1v) is 21.0. The Balaban J connectivity index is 0.000000142. The second kappa shape index (κ2) is 22.7. The van der Waals surface area contributed by atoms with E-state index in [2.05, 4.69) is 106 Å². The molecule has 8 rings (SSSR count). The summed E-state index contributed by atoms with van der Waals surface area (Å²) in [6.45, 7) is 17.2. The highest BCUT2D eigenvalue weighted by atomic mass is 79.9. The summed E-state index contributed by atoms with van der Waals surface area (Å²) in [4.78, 5) is 10.4. The summed E-state index contributed by atoms with van der Waals surface area (Å²) in [6, 6.07) is 23.2. The monoisotopic (exact) mass is 769 g/mol. The maximum Gasteiger partial charge on any atom is 0.0589 e. The van der Waals surface area contributed by atoms with Crippen LogP contribution in [0.15, 0.2) is 60.7 Å². The van der Waals surface area contributed by atoms with E-state index >= 15 is 0 Å². The summed E-state index contributed by atoms with van der Waals surface area (Å²) >= 11 is 3.18. The molecule has 1 aliphatic carbocycles. The maximum atomic E-state index is 5.19. The van der Waals surface area contributed by atoms with Gasteiger partial charge >= 0.3 is 0 Å². The quantitative estimate of drug-likeness (QED) is 0.276. The normalized spacial score (nSPS) is 28.6. The molecule has 5 heterocycles. The first kappa shape index (κ1) is 40.8. The van der Waals surface area contributed by atoms with Crippen molar-refractivity contribution in [3.63, 3.8) is 0 Å². The van der Waals surface area contributed by atoms with Gasteiger partial charge in [-0.15, -0.1) is 0 Å². The van der Waals surface area contributed by atoms with E-state index in [4.69, 9.17) is 9.47 Å². The van der Waals surface area contributed by atoms with Crippen molar-refractivity contribution in [3.8, 4) is 0 Å². The topological polar surface area (TPSA) is 52.7 Å². The van der Waals surface area contributed by atoms with Gasteiger partial charge in [-0.2, -0.15) is 0 Å². The predicted molar refractivity (Wildman–Crippen MR) is 213 cm³/mol. The fraction of sp³-hybridized carbons (Fsp3) is 0.714. The molecule has 0 aromatic heterocycles. The van der Waals surface area contributed by atoms with E-state index in [1.54, 1.807) is 21.3 Å². The van der Waals surface area contributed by atoms with Crippen LogP contribution < -0.4 is 5.32 Å². The second-order valence-electron chi connectivity index (χ2n) is 15.4. The van der Waals surface area contributed by atoms with Gasteiger partial charge in [0, 0.05) is 97.6 Å². The molecule has 0 bridgehead atoms. The first-order chi connectivity index (χ1) is 25.1. The van der Waals surface area contributed by atoms with Crippen molar-refractivity contribution in [2.24, 2.45) is 23.7 Å². The number of likely N-dealkylation sites (tertiary alicyclic amines) is 4. The summed E-state index contributed by atoms with van der Waals surface area (Å²) in [7, 11) is 5.26. The zero-order chi connectivity index (χ0) is 35.7. The molecule has 6 atom stereocenters. The van der Waals surface area contributed by atoms with Crippen LogP contribution in [0.25, 0.3) is 0 Å². The molecule has 0 radical (unpaired) electrons. The van der Waals surface area contributed by atoms with Crippen molar-refractivity contribution in [2.75, 3.05) is 112 Å². The molecule has 2 aromatic carbocycles. The zero-order valence-electron chi connectivity index (χ0n) is 32.0. The molecular weight excluding hydrogens is 702 g/mol. The van der Waals surface area contributed by atoms with Gasteiger partial charge < -0.3 is 24.4 Å². The highest BCUT2D eigenvalue weighted by Crippen LogP contribution is 2.37. The molecule has 51 heavy (non-hydrogen) atoms. The van der Waals surface area contributed by atoms with Gasteiger partial charge in [0.2, 0.25) is 0 Å². The molecule has 0 spiro atoms. The largest absolute Gasteiger partial charge is 0.384 e. The SMILES string of the molecule is COCCBr.COCCN1CC2CCC[C@H]2C1.COCCN1CC2[C@@H](CCN2Cc2ccccc2)C1.c1ccc(CN2CC[C@H]3CNCC32)cc1. The molecule has 2 aromatic rings. The summed E-state index contributed by atoms with van der Waals surface area (Å²) in [5.41, 5.74) is 2.89. The van der Waals surface area contributed by atoms with Crippen LogP contribution in [0, 0.1) is 23.7 Å². The van der Waals surface area contributed by atoms with Gasteiger partial charge in [0.25, 0.3) is 0 Å². The van der Waals surface area contributed by atoms with Gasteiger partial charge in [0.1, 0.15) is 0 Å². The van der Waals surface area contributed by atoms with Gasteiger partial charge in [-0.1, -0.05) is 83.0 Å². The highest BCUT2D eigenvalue weighted by molar-refractivity contribution is 9.09. The Kier molecular flexibility index (Phi) is 18.2. The van der Waals surface area contributed by atoms with E-state index in [9.17, 15) is 0 Å². The number of fused-ring (bicyclic) bond motifs is 3. The molecule has 6 aliphatic rings. The smallest absolute Gasteiger partial charge is 0.0589 e. The Morgan fingerprint density at radius 2 is 1.10 bits per heavy atom. The van der Waals surface area contributed by atoms with Gasteiger partial charge in [-0.05, 0) is 80.1 Å². The number of rotatable bonds is 12. The van der Waals surface area contributed by atoms with Gasteiger partial charge in [0.15, 0.2) is 0 Å². The molecule has 0 amide bonds. The van der Waals surface area contributed by atoms with E-state index in [1.807, 2.05) is 0 Å². The molecule has 1 N–H and O–H groups in total. The van der Waals surface area contributed by atoms with Gasteiger partial charge in [-0.3, -0.25) is 14.7 Å². The van der Waals surface area contributed by atoms with E-state index in [1.165, 1.54) is 95.6 Å². The number of ether oxygens (including phenoxy) is 3. The Bertz CT molecular complexity index is 1180. The number of hydrogen-bond donors (Lipinski definition) is 1. The molecular formula is C42H68BrN5O3. The molecule has 8 nitrogen and oxygen atoms in total. The van der Waals surface area contributed by atoms with Crippen LogP contribution >= 0.6 is 15.9 Å². The van der Waals surface area contributed by atoms with Crippen LogP contribution in [0.2, 0.25) is 0 Å². The lowest BCUT2D eigenvalue weighted by Gasteiger charge is -2.24. The van der Waals surface area contributed by atoms with Crippen molar-refractivity contribution in [1.82, 2.24) is 24.9 Å². The molecule has 5 aliphatic heterocycles. The number of nitrogens with zero attached hydrogens (tertiary/aromatic N) is 4. The molecule has 5 saturated heterocycles. The summed E-state index contributed by atoms with van der Waals surface area (Å²) in [6.07, 6.45) is 7.18. The Hall–Kier alpha value is -1.40. The van der Waals surface area contributed by atoms with Crippen molar-refractivity contribution < 1.29 is 14.2 Å². The van der Waals surface area contributed by atoms with E-state index in [-0.39, 0.29) is 0 Å². The highest BCUT2D eigenvalue weighted by Gasteiger charge is 2.41. The zero-order valence-corrected chi connectivity index (χ0v) is 33.6. The average Bonchev–Trinajstić information content (AvgIpc) is 4.01. The number of hydrogen-bond acceptors (Lipinski definition) is 8. The van der Waals surface area contributed by atoms with Gasteiger partial charge in [0.05, 0.1) is 19.8 Å². The second-order valence-corrected chi connectivity index (χ2v) is 16.2. The number of halogens is 1. The Labute approximate surface area is 318 Å². The summed E-state index contributed by atoms with van der Waals surface area (Å²) in [5, 5.41) is 4.43. The summed E-state index contributed by atoms with van der Waals surface area (Å²) < 4.78 is 14.9. The number of methoxy groups -OCH3 is 3. The molecule has 286 valence electrons. The fourth-order valence-electron chi connectivity index (χ4n) is 9.32. The van der Waals surface area contributed by atoms with Crippen molar-refractivity contribution in [2.45, 2.75) is 57.3 Å². The van der Waals surface area contributed by atoms with Crippen LogP contribution in [0.3, 0.4) is 0 Å². The number of alkyl halides is 1. The average molecular weight is 771 g/mol. The van der Waals surface area contributed by atoms with Crippen LogP contribution in [0.5, 0.6) is 0 Å². The minimum atomic E-state index is 0.761. The van der Waals surface area contributed by atoms with Crippen LogP contribution in [-0.4, -0.2) is 144 Å². The minimum absolute atomic E-state index is 0.761. The van der Waals surface area contributed by atoms with E-state index < -0.39 is 0 Å². The lowest BCUT2D eigenvalue weighted by Crippen LogP contribution is -2.35. The fourth-order valence-corrected chi connectivity index (χ4v) is 9.64. The molecule has 6 fully saturated rings. The lowest BCUT2D eigenvalue weighted by atomic mass is 10.0. The Morgan fingerprint density at radius 1 is 0.588 bits per heavy atom. The molecule has 1 saturated carbocycles. The van der Waals surface area contributed by atoms with Crippen molar-refractivity contribution >= 4 is 15.9 Å². The van der Waals surface area contributed by atoms with E-state index in [0.29, 0.717) is 0 Å². The molecule has 3 unspecified atom stereocenters. The van der Waals surface area contributed by atoms with Crippen LogP contribution in [-0.2, 0) is 27.3 Å². The Morgan fingerprint density at radius 3 is 1.63 bits per heavy atom. The van der Waals surface area contributed by atoms with Crippen molar-refractivity contribution in [3.05, 3.63) is 71.8 Å². The lowest BCUT2D eigenvalue weighted by molar-refractivity contribution is 0.149. The predicted octanol–water partition coefficient (Wildman–Crippen LogP) is 5.71. The molecule has 9 heteroatoms. The standard InChI is InChI=1S/C16H24N2O.C13H18N2.C10H19NO.C3H7BrO/c1-19-10-9-17-12-15-7-8-18(16(15)13-17)11-14-5-3-2-4-6-14;1-2-4-11(5-3-1)10-15-7-6-12-8-14-9-13(12)15;1-12-6-5-11-7-9-3-2-4-10(9)8-11;1-5-3-2-4/h2-6,15-16H,7-13H2,1H3;1-5,12-14H,6-10H2;9-10H,2-8H2,1H3;2-3H2,1H3/t15-,16?;12-,13?;9-,10?;/m000./s1. The van der Waals surface area contributed by atoms with Crippen LogP contribution in [0.4, 0.5) is 0 Å². The van der Waals surface area contributed by atoms with Crippen molar-refractivity contribution in [1.29, 1.82) is 0 Å². The number of benzene rings is 2. The van der Waals surface area contributed by atoms with Gasteiger partial charge in [-0.25, -0.2) is 0 Å². The maximum absolute atomic E-state index is 5.19. The third-order valence-corrected chi connectivity index (χ3v) is 12.4.